The Morgan fingerprint density at radius 2 is 1.87 bits per heavy atom. The Kier molecular flexibility index (Phi) is 3.65. The van der Waals surface area contributed by atoms with Gasteiger partial charge in [0.05, 0.1) is 26.4 Å². The molecule has 15 heavy (non-hydrogen) atoms. The SMILES string of the molecule is [CH]C(CC)C1COC2(CCOCC2)OC1. The van der Waals surface area contributed by atoms with E-state index in [1.807, 2.05) is 0 Å². The third-order valence-electron chi connectivity index (χ3n) is 3.45. The van der Waals surface area contributed by atoms with Crippen LogP contribution < -0.4 is 0 Å². The molecule has 86 valence electrons. The van der Waals surface area contributed by atoms with E-state index in [0.717, 1.165) is 45.7 Å². The summed E-state index contributed by atoms with van der Waals surface area (Å²) in [6.07, 6.45) is 2.68. The van der Waals surface area contributed by atoms with Crippen molar-refractivity contribution in [2.45, 2.75) is 32.0 Å². The molecule has 2 fully saturated rings. The van der Waals surface area contributed by atoms with Crippen LogP contribution in [0.15, 0.2) is 0 Å². The summed E-state index contributed by atoms with van der Waals surface area (Å²) in [5.74, 6) is 0.188. The summed E-state index contributed by atoms with van der Waals surface area (Å²) in [5.41, 5.74) is 0. The Balaban J connectivity index is 1.85. The normalized spacial score (nSPS) is 29.2. The van der Waals surface area contributed by atoms with Crippen LogP contribution in [0.1, 0.15) is 26.2 Å². The molecule has 2 aliphatic rings. The van der Waals surface area contributed by atoms with E-state index in [0.29, 0.717) is 5.92 Å². The van der Waals surface area contributed by atoms with Gasteiger partial charge in [-0.3, -0.25) is 0 Å². The lowest BCUT2D eigenvalue weighted by atomic mass is 9.91. The maximum absolute atomic E-state index is 5.98. The minimum absolute atomic E-state index is 0.196. The summed E-state index contributed by atoms with van der Waals surface area (Å²) in [6, 6.07) is 0. The summed E-state index contributed by atoms with van der Waals surface area (Å²) in [6.45, 7) is 11.0. The van der Waals surface area contributed by atoms with Gasteiger partial charge < -0.3 is 14.2 Å². The van der Waals surface area contributed by atoms with Crippen molar-refractivity contribution in [3.63, 3.8) is 0 Å². The van der Waals surface area contributed by atoms with E-state index in [1.165, 1.54) is 0 Å². The van der Waals surface area contributed by atoms with Crippen LogP contribution in [0.3, 0.4) is 0 Å². The van der Waals surface area contributed by atoms with Gasteiger partial charge in [0, 0.05) is 18.8 Å². The van der Waals surface area contributed by atoms with Crippen molar-refractivity contribution >= 4 is 0 Å². The highest BCUT2D eigenvalue weighted by Crippen LogP contribution is 2.33. The molecule has 0 saturated carbocycles. The zero-order chi connectivity index (χ0) is 10.7. The van der Waals surface area contributed by atoms with Crippen LogP contribution in [0.4, 0.5) is 0 Å². The quantitative estimate of drug-likeness (QED) is 0.699. The maximum Gasteiger partial charge on any atom is 0.172 e. The molecule has 0 N–H and O–H groups in total. The fourth-order valence-electron chi connectivity index (χ4n) is 2.16. The van der Waals surface area contributed by atoms with E-state index in [4.69, 9.17) is 21.1 Å². The lowest BCUT2D eigenvalue weighted by molar-refractivity contribution is -0.310. The van der Waals surface area contributed by atoms with Crippen LogP contribution in [0.5, 0.6) is 0 Å². The minimum Gasteiger partial charge on any atom is -0.381 e. The Morgan fingerprint density at radius 1 is 1.27 bits per heavy atom. The zero-order valence-corrected chi connectivity index (χ0v) is 9.41. The molecule has 0 aromatic rings. The summed E-state index contributed by atoms with van der Waals surface area (Å²) in [5, 5.41) is 0. The molecular weight excluding hydrogens is 192 g/mol. The van der Waals surface area contributed by atoms with Gasteiger partial charge in [0.2, 0.25) is 0 Å². The molecule has 2 heterocycles. The van der Waals surface area contributed by atoms with E-state index in [2.05, 4.69) is 6.92 Å². The van der Waals surface area contributed by atoms with Gasteiger partial charge in [-0.15, -0.1) is 0 Å². The van der Waals surface area contributed by atoms with Crippen LogP contribution in [-0.4, -0.2) is 32.2 Å². The first-order chi connectivity index (χ1) is 7.26. The average Bonchev–Trinajstić information content (AvgIpc) is 2.30. The Hall–Kier alpha value is -0.120. The summed E-state index contributed by atoms with van der Waals surface area (Å²) >= 11 is 0. The predicted molar refractivity (Wildman–Crippen MR) is 56.3 cm³/mol. The molecule has 2 radical (unpaired) electrons. The van der Waals surface area contributed by atoms with Crippen molar-refractivity contribution < 1.29 is 14.2 Å². The van der Waals surface area contributed by atoms with E-state index in [9.17, 15) is 0 Å². The highest BCUT2D eigenvalue weighted by Gasteiger charge is 2.39. The number of rotatable bonds is 2. The van der Waals surface area contributed by atoms with Crippen molar-refractivity contribution in [3.8, 4) is 0 Å². The molecule has 0 aromatic heterocycles. The highest BCUT2D eigenvalue weighted by atomic mass is 16.7. The van der Waals surface area contributed by atoms with Crippen LogP contribution in [0.2, 0.25) is 0 Å². The molecule has 2 saturated heterocycles. The van der Waals surface area contributed by atoms with Crippen LogP contribution >= 0.6 is 0 Å². The third kappa shape index (κ3) is 2.52. The Labute approximate surface area is 92.1 Å². The molecule has 0 amide bonds. The highest BCUT2D eigenvalue weighted by molar-refractivity contribution is 4.81. The van der Waals surface area contributed by atoms with Crippen molar-refractivity contribution in [1.82, 2.24) is 0 Å². The largest absolute Gasteiger partial charge is 0.381 e. The first kappa shape index (κ1) is 11.4. The second-order valence-corrected chi connectivity index (χ2v) is 4.48. The van der Waals surface area contributed by atoms with Crippen LogP contribution in [0, 0.1) is 18.8 Å². The molecular formula is C12H20O3. The first-order valence-corrected chi connectivity index (χ1v) is 5.87. The van der Waals surface area contributed by atoms with Gasteiger partial charge in [-0.1, -0.05) is 13.3 Å². The lowest BCUT2D eigenvalue weighted by Crippen LogP contribution is -2.48. The van der Waals surface area contributed by atoms with Crippen molar-refractivity contribution in [2.75, 3.05) is 26.4 Å². The molecule has 2 aliphatic heterocycles. The van der Waals surface area contributed by atoms with Crippen molar-refractivity contribution in [2.24, 2.45) is 11.8 Å². The standard InChI is InChI=1S/C12H20O3/c1-3-10(2)11-8-14-12(15-9-11)4-6-13-7-5-12/h2,10-11H,3-9H2,1H3. The molecule has 0 bridgehead atoms. The fraction of sp³-hybridized carbons (Fsp3) is 0.917. The van der Waals surface area contributed by atoms with Crippen molar-refractivity contribution in [1.29, 1.82) is 0 Å². The second-order valence-electron chi connectivity index (χ2n) is 4.48. The first-order valence-electron chi connectivity index (χ1n) is 5.87. The molecule has 3 nitrogen and oxygen atoms in total. The van der Waals surface area contributed by atoms with E-state index in [-0.39, 0.29) is 11.7 Å². The fourth-order valence-corrected chi connectivity index (χ4v) is 2.16. The molecule has 2 rings (SSSR count). The van der Waals surface area contributed by atoms with E-state index in [1.54, 1.807) is 0 Å². The van der Waals surface area contributed by atoms with Gasteiger partial charge >= 0.3 is 0 Å². The smallest absolute Gasteiger partial charge is 0.172 e. The molecule has 0 aromatic carbocycles. The van der Waals surface area contributed by atoms with Crippen molar-refractivity contribution in [3.05, 3.63) is 6.92 Å². The number of hydrogen-bond donors (Lipinski definition) is 0. The van der Waals surface area contributed by atoms with Crippen LogP contribution in [-0.2, 0) is 14.2 Å². The zero-order valence-electron chi connectivity index (χ0n) is 9.41. The predicted octanol–water partition coefficient (Wildman–Crippen LogP) is 1.89. The lowest BCUT2D eigenvalue weighted by Gasteiger charge is -2.43. The number of ether oxygens (including phenoxy) is 3. The van der Waals surface area contributed by atoms with E-state index < -0.39 is 0 Å². The monoisotopic (exact) mass is 212 g/mol. The van der Waals surface area contributed by atoms with Crippen LogP contribution in [0.25, 0.3) is 0 Å². The molecule has 0 aliphatic carbocycles. The van der Waals surface area contributed by atoms with Gasteiger partial charge in [0.1, 0.15) is 0 Å². The van der Waals surface area contributed by atoms with Gasteiger partial charge in [0.15, 0.2) is 5.79 Å². The van der Waals surface area contributed by atoms with Gasteiger partial charge in [-0.25, -0.2) is 0 Å². The molecule has 1 atom stereocenters. The Morgan fingerprint density at radius 3 is 2.40 bits per heavy atom. The van der Waals surface area contributed by atoms with Gasteiger partial charge in [0.25, 0.3) is 0 Å². The molecule has 1 spiro atoms. The summed E-state index contributed by atoms with van der Waals surface area (Å²) < 4.78 is 17.0. The number of hydrogen-bond acceptors (Lipinski definition) is 3. The average molecular weight is 212 g/mol. The molecule has 1 unspecified atom stereocenters. The van der Waals surface area contributed by atoms with Gasteiger partial charge in [-0.2, -0.15) is 0 Å². The second kappa shape index (κ2) is 4.81. The topological polar surface area (TPSA) is 27.7 Å². The summed E-state index contributed by atoms with van der Waals surface area (Å²) in [7, 11) is 0. The van der Waals surface area contributed by atoms with Gasteiger partial charge in [-0.05, 0) is 12.8 Å². The Bertz CT molecular complexity index is 189. The minimum atomic E-state index is -0.359. The maximum atomic E-state index is 5.98. The molecule has 3 heteroatoms. The van der Waals surface area contributed by atoms with E-state index >= 15 is 0 Å². The summed E-state index contributed by atoms with van der Waals surface area (Å²) in [4.78, 5) is 0. The third-order valence-corrected chi connectivity index (χ3v) is 3.45.